The van der Waals surface area contributed by atoms with Gasteiger partial charge in [-0.3, -0.25) is 0 Å². The van der Waals surface area contributed by atoms with E-state index in [1.54, 1.807) is 0 Å². The van der Waals surface area contributed by atoms with Gasteiger partial charge in [-0.15, -0.1) is 0 Å². The van der Waals surface area contributed by atoms with Gasteiger partial charge >= 0.3 is 0 Å². The average molecular weight is 217 g/mol. The topological polar surface area (TPSA) is 0 Å². The van der Waals surface area contributed by atoms with E-state index >= 15 is 0 Å². The molecule has 0 bridgehead atoms. The lowest BCUT2D eigenvalue weighted by Crippen LogP contribution is -1.64. The Morgan fingerprint density at radius 2 is 1.70 bits per heavy atom. The van der Waals surface area contributed by atoms with Crippen LogP contribution in [0.3, 0.4) is 0 Å². The van der Waals surface area contributed by atoms with E-state index in [1.807, 2.05) is 29.3 Å². The van der Waals surface area contributed by atoms with E-state index in [-0.39, 0.29) is 9.90 Å². The van der Waals surface area contributed by atoms with Crippen LogP contribution in [0.1, 0.15) is 5.56 Å². The van der Waals surface area contributed by atoms with E-state index in [9.17, 15) is 0 Å². The van der Waals surface area contributed by atoms with Crippen molar-refractivity contribution in [1.82, 2.24) is 0 Å². The van der Waals surface area contributed by atoms with Crippen molar-refractivity contribution < 1.29 is 0 Å². The molecule has 0 fully saturated rings. The van der Waals surface area contributed by atoms with Crippen molar-refractivity contribution in [3.63, 3.8) is 0 Å². The van der Waals surface area contributed by atoms with Gasteiger partial charge in [0.05, 0.1) is 0 Å². The molecule has 0 aliphatic rings. The Morgan fingerprint density at radius 1 is 1.10 bits per heavy atom. The molecule has 1 rings (SSSR count). The standard InChI is InChI=1S/C8H7Br.H3P/c9-7-6-8-4-2-1-3-5-8;/h1-7H;1H3/b7-6+;. The highest BCUT2D eigenvalue weighted by Gasteiger charge is 1.78. The van der Waals surface area contributed by atoms with Gasteiger partial charge in [0, 0.05) is 0 Å². The van der Waals surface area contributed by atoms with E-state index in [2.05, 4.69) is 28.1 Å². The molecule has 1 aromatic carbocycles. The van der Waals surface area contributed by atoms with Crippen molar-refractivity contribution in [3.05, 3.63) is 40.9 Å². The van der Waals surface area contributed by atoms with Gasteiger partial charge in [0.1, 0.15) is 0 Å². The molecule has 0 amide bonds. The highest BCUT2D eigenvalue weighted by molar-refractivity contribution is 9.11. The molecule has 1 unspecified atom stereocenters. The molecule has 0 nitrogen and oxygen atoms in total. The van der Waals surface area contributed by atoms with Crippen molar-refractivity contribution >= 4 is 31.9 Å². The Bertz CT molecular complexity index is 194. The van der Waals surface area contributed by atoms with Crippen LogP contribution in [0.15, 0.2) is 35.3 Å². The maximum Gasteiger partial charge on any atom is -0.0183 e. The van der Waals surface area contributed by atoms with E-state index < -0.39 is 0 Å². The number of halogens is 1. The van der Waals surface area contributed by atoms with Gasteiger partial charge in [0.2, 0.25) is 0 Å². The van der Waals surface area contributed by atoms with Crippen LogP contribution in [-0.2, 0) is 0 Å². The normalized spacial score (nSPS) is 9.30. The molecule has 0 spiro atoms. The predicted octanol–water partition coefficient (Wildman–Crippen LogP) is 3.11. The fourth-order valence-corrected chi connectivity index (χ4v) is 0.942. The lowest BCUT2D eigenvalue weighted by atomic mass is 10.2. The minimum atomic E-state index is 0. The summed E-state index contributed by atoms with van der Waals surface area (Å²) in [5, 5.41) is 0. The fraction of sp³-hybridized carbons (Fsp3) is 0. The highest BCUT2D eigenvalue weighted by atomic mass is 79.9. The Kier molecular flexibility index (Phi) is 5.57. The maximum atomic E-state index is 3.21. The molecule has 54 valence electrons. The summed E-state index contributed by atoms with van der Waals surface area (Å²) in [6.45, 7) is 0. The van der Waals surface area contributed by atoms with Crippen LogP contribution in [0, 0.1) is 0 Å². The summed E-state index contributed by atoms with van der Waals surface area (Å²) >= 11 is 3.21. The molecule has 0 aliphatic heterocycles. The number of rotatable bonds is 1. The van der Waals surface area contributed by atoms with Crippen molar-refractivity contribution in [1.29, 1.82) is 0 Å². The molecule has 0 aliphatic carbocycles. The average Bonchev–Trinajstić information content (AvgIpc) is 1.91. The van der Waals surface area contributed by atoms with Crippen LogP contribution < -0.4 is 0 Å². The summed E-state index contributed by atoms with van der Waals surface area (Å²) in [7, 11) is 0. The van der Waals surface area contributed by atoms with Crippen LogP contribution in [0.2, 0.25) is 0 Å². The van der Waals surface area contributed by atoms with Gasteiger partial charge in [0.25, 0.3) is 0 Å². The molecule has 0 radical (unpaired) electrons. The Balaban J connectivity index is 0.000000810. The minimum Gasteiger partial charge on any atom is -0.153 e. The Labute approximate surface area is 73.1 Å². The van der Waals surface area contributed by atoms with Gasteiger partial charge in [-0.05, 0) is 16.6 Å². The number of benzene rings is 1. The summed E-state index contributed by atoms with van der Waals surface area (Å²) in [5.41, 5.74) is 1.22. The third-order valence-electron chi connectivity index (χ3n) is 1.06. The summed E-state index contributed by atoms with van der Waals surface area (Å²) < 4.78 is 0. The second-order valence-electron chi connectivity index (χ2n) is 1.70. The third-order valence-corrected chi connectivity index (χ3v) is 1.32. The third kappa shape index (κ3) is 3.14. The zero-order valence-electron chi connectivity index (χ0n) is 5.63. The molecule has 2 heteroatoms. The van der Waals surface area contributed by atoms with Crippen LogP contribution >= 0.6 is 25.8 Å². The van der Waals surface area contributed by atoms with Crippen LogP contribution in [-0.4, -0.2) is 0 Å². The van der Waals surface area contributed by atoms with Crippen LogP contribution in [0.25, 0.3) is 6.08 Å². The Hall–Kier alpha value is -0.130. The number of hydrogen-bond acceptors (Lipinski definition) is 0. The Morgan fingerprint density at radius 3 is 2.20 bits per heavy atom. The first kappa shape index (κ1) is 9.87. The molecule has 0 saturated heterocycles. The van der Waals surface area contributed by atoms with E-state index in [0.717, 1.165) is 0 Å². The minimum absolute atomic E-state index is 0. The monoisotopic (exact) mass is 216 g/mol. The van der Waals surface area contributed by atoms with Gasteiger partial charge in [-0.25, -0.2) is 0 Å². The van der Waals surface area contributed by atoms with Crippen LogP contribution in [0.5, 0.6) is 0 Å². The van der Waals surface area contributed by atoms with Gasteiger partial charge in [-0.2, -0.15) is 9.90 Å². The summed E-state index contributed by atoms with van der Waals surface area (Å²) in [5.74, 6) is 0. The largest absolute Gasteiger partial charge is 0.153 e. The fourth-order valence-electron chi connectivity index (χ4n) is 0.637. The summed E-state index contributed by atoms with van der Waals surface area (Å²) in [4.78, 5) is 1.85. The van der Waals surface area contributed by atoms with Gasteiger partial charge in [0.15, 0.2) is 0 Å². The molecule has 0 aromatic heterocycles. The molecular formula is C8H10BrP. The van der Waals surface area contributed by atoms with Crippen molar-refractivity contribution in [2.75, 3.05) is 0 Å². The van der Waals surface area contributed by atoms with Crippen molar-refractivity contribution in [2.24, 2.45) is 0 Å². The SMILES string of the molecule is Br/C=C/c1ccccc1.P. The molecule has 0 heterocycles. The lowest BCUT2D eigenvalue weighted by Gasteiger charge is -1.86. The van der Waals surface area contributed by atoms with E-state index in [4.69, 9.17) is 0 Å². The van der Waals surface area contributed by atoms with E-state index in [0.29, 0.717) is 0 Å². The van der Waals surface area contributed by atoms with Crippen molar-refractivity contribution in [2.45, 2.75) is 0 Å². The van der Waals surface area contributed by atoms with E-state index in [1.165, 1.54) is 5.56 Å². The second-order valence-corrected chi connectivity index (χ2v) is 2.23. The zero-order valence-corrected chi connectivity index (χ0v) is 8.63. The summed E-state index contributed by atoms with van der Waals surface area (Å²) in [6.07, 6.45) is 2.00. The van der Waals surface area contributed by atoms with Crippen molar-refractivity contribution in [3.8, 4) is 0 Å². The first-order valence-corrected chi connectivity index (χ1v) is 3.67. The zero-order chi connectivity index (χ0) is 6.53. The maximum absolute atomic E-state index is 3.21. The molecule has 1 aromatic rings. The highest BCUT2D eigenvalue weighted by Crippen LogP contribution is 2.01. The predicted molar refractivity (Wildman–Crippen MR) is 55.5 cm³/mol. The first-order chi connectivity index (χ1) is 4.43. The first-order valence-electron chi connectivity index (χ1n) is 2.75. The second kappa shape index (κ2) is 5.64. The molecule has 0 N–H and O–H groups in total. The smallest absolute Gasteiger partial charge is 0.0183 e. The van der Waals surface area contributed by atoms with Gasteiger partial charge < -0.3 is 0 Å². The van der Waals surface area contributed by atoms with Crippen LogP contribution in [0.4, 0.5) is 0 Å². The number of hydrogen-bond donors (Lipinski definition) is 0. The molecule has 0 saturated carbocycles. The molecule has 1 atom stereocenters. The quantitative estimate of drug-likeness (QED) is 0.634. The lowest BCUT2D eigenvalue weighted by molar-refractivity contribution is 1.67. The molecular weight excluding hydrogens is 207 g/mol. The van der Waals surface area contributed by atoms with Gasteiger partial charge in [-0.1, -0.05) is 46.3 Å². The summed E-state index contributed by atoms with van der Waals surface area (Å²) in [6, 6.07) is 10.1. The molecule has 10 heavy (non-hydrogen) atoms.